The average molecular weight is 407 g/mol. The lowest BCUT2D eigenvalue weighted by molar-refractivity contribution is 0.257. The van der Waals surface area contributed by atoms with Gasteiger partial charge in [0.05, 0.1) is 5.02 Å². The van der Waals surface area contributed by atoms with Crippen LogP contribution < -0.4 is 15.0 Å². The quantitative estimate of drug-likeness (QED) is 0.552. The van der Waals surface area contributed by atoms with Crippen molar-refractivity contribution in [3.63, 3.8) is 0 Å². The standard InChI is InChI=1S/C24H23ClN2O2/c25-21-16-20(13-14-23(21)29-17-18-8-2-1-3-9-18)26-24(28)27-15-7-6-11-19-10-4-5-12-22(19)27/h1-5,8-10,12-14,16H,6-7,11,15,17H2,(H,26,28). The van der Waals surface area contributed by atoms with Crippen LogP contribution >= 0.6 is 11.6 Å². The molecule has 3 aromatic rings. The third-order valence-electron chi connectivity index (χ3n) is 5.03. The van der Waals surface area contributed by atoms with Crippen LogP contribution in [0.15, 0.2) is 72.8 Å². The number of para-hydroxylation sites is 1. The van der Waals surface area contributed by atoms with Gasteiger partial charge in [-0.2, -0.15) is 0 Å². The van der Waals surface area contributed by atoms with Crippen molar-refractivity contribution >= 4 is 29.0 Å². The van der Waals surface area contributed by atoms with E-state index in [1.54, 1.807) is 12.1 Å². The van der Waals surface area contributed by atoms with E-state index in [1.165, 1.54) is 5.56 Å². The molecule has 0 spiro atoms. The molecule has 0 aromatic heterocycles. The number of nitrogens with zero attached hydrogens (tertiary/aromatic N) is 1. The Balaban J connectivity index is 1.44. The fraction of sp³-hybridized carbons (Fsp3) is 0.208. The number of halogens is 1. The summed E-state index contributed by atoms with van der Waals surface area (Å²) < 4.78 is 5.81. The highest BCUT2D eigenvalue weighted by atomic mass is 35.5. The van der Waals surface area contributed by atoms with E-state index in [0.717, 1.165) is 30.5 Å². The number of fused-ring (bicyclic) bond motifs is 1. The summed E-state index contributed by atoms with van der Waals surface area (Å²) in [5, 5.41) is 3.44. The molecule has 1 N–H and O–H groups in total. The molecule has 0 unspecified atom stereocenters. The molecule has 0 aliphatic carbocycles. The first kappa shape index (κ1) is 19.3. The molecule has 0 atom stereocenters. The van der Waals surface area contributed by atoms with Crippen LogP contribution in [0.1, 0.15) is 24.0 Å². The summed E-state index contributed by atoms with van der Waals surface area (Å²) >= 11 is 6.38. The minimum absolute atomic E-state index is 0.145. The Labute approximate surface area is 176 Å². The number of anilines is 2. The van der Waals surface area contributed by atoms with Crippen LogP contribution in [0, 0.1) is 0 Å². The maximum Gasteiger partial charge on any atom is 0.326 e. The number of hydrogen-bond acceptors (Lipinski definition) is 2. The molecule has 1 aliphatic rings. The number of amides is 2. The molecule has 0 fully saturated rings. The number of nitrogens with one attached hydrogen (secondary N) is 1. The summed E-state index contributed by atoms with van der Waals surface area (Å²) in [5.41, 5.74) is 3.91. The molecule has 5 heteroatoms. The number of rotatable bonds is 4. The summed E-state index contributed by atoms with van der Waals surface area (Å²) in [5.74, 6) is 0.591. The molecule has 148 valence electrons. The Morgan fingerprint density at radius 3 is 2.62 bits per heavy atom. The Morgan fingerprint density at radius 1 is 1.00 bits per heavy atom. The fourth-order valence-corrected chi connectivity index (χ4v) is 3.76. The van der Waals surface area contributed by atoms with E-state index >= 15 is 0 Å². The predicted octanol–water partition coefficient (Wildman–Crippen LogP) is 6.29. The summed E-state index contributed by atoms with van der Waals surface area (Å²) in [6.07, 6.45) is 3.06. The highest BCUT2D eigenvalue weighted by Gasteiger charge is 2.21. The van der Waals surface area contributed by atoms with Gasteiger partial charge >= 0.3 is 6.03 Å². The van der Waals surface area contributed by atoms with Crippen LogP contribution in [-0.2, 0) is 13.0 Å². The van der Waals surface area contributed by atoms with Crippen LogP contribution in [0.25, 0.3) is 0 Å². The first-order chi connectivity index (χ1) is 14.2. The first-order valence-corrected chi connectivity index (χ1v) is 10.2. The van der Waals surface area contributed by atoms with Gasteiger partial charge in [-0.1, -0.05) is 60.1 Å². The predicted molar refractivity (Wildman–Crippen MR) is 118 cm³/mol. The highest BCUT2D eigenvalue weighted by Crippen LogP contribution is 2.30. The largest absolute Gasteiger partial charge is 0.487 e. The number of benzene rings is 3. The molecule has 4 rings (SSSR count). The van der Waals surface area contributed by atoms with Crippen molar-refractivity contribution in [3.05, 3.63) is 88.9 Å². The number of carbonyl (C=O) groups is 1. The van der Waals surface area contributed by atoms with E-state index in [-0.39, 0.29) is 6.03 Å². The van der Waals surface area contributed by atoms with Crippen LogP contribution in [0.3, 0.4) is 0 Å². The minimum atomic E-state index is -0.145. The van der Waals surface area contributed by atoms with Crippen molar-refractivity contribution < 1.29 is 9.53 Å². The molecular weight excluding hydrogens is 384 g/mol. The second kappa shape index (κ2) is 9.01. The highest BCUT2D eigenvalue weighted by molar-refractivity contribution is 6.32. The zero-order chi connectivity index (χ0) is 20.1. The smallest absolute Gasteiger partial charge is 0.326 e. The van der Waals surface area contributed by atoms with Gasteiger partial charge in [-0.15, -0.1) is 0 Å². The van der Waals surface area contributed by atoms with E-state index in [9.17, 15) is 4.79 Å². The molecule has 1 aliphatic heterocycles. The zero-order valence-electron chi connectivity index (χ0n) is 16.1. The Morgan fingerprint density at radius 2 is 1.79 bits per heavy atom. The fourth-order valence-electron chi connectivity index (χ4n) is 3.52. The lowest BCUT2D eigenvalue weighted by atomic mass is 10.1. The zero-order valence-corrected chi connectivity index (χ0v) is 16.9. The SMILES string of the molecule is O=C(Nc1ccc(OCc2ccccc2)c(Cl)c1)N1CCCCc2ccccc21. The number of urea groups is 1. The van der Waals surface area contributed by atoms with E-state index < -0.39 is 0 Å². The maximum atomic E-state index is 12.9. The second-order valence-corrected chi connectivity index (χ2v) is 7.49. The normalized spacial score (nSPS) is 13.3. The average Bonchev–Trinajstić information content (AvgIpc) is 2.96. The minimum Gasteiger partial charge on any atom is -0.487 e. The van der Waals surface area contributed by atoms with Gasteiger partial charge in [-0.25, -0.2) is 4.79 Å². The topological polar surface area (TPSA) is 41.6 Å². The third-order valence-corrected chi connectivity index (χ3v) is 5.32. The van der Waals surface area contributed by atoms with Gasteiger partial charge in [0.15, 0.2) is 0 Å². The Hall–Kier alpha value is -2.98. The molecule has 1 heterocycles. The van der Waals surface area contributed by atoms with Crippen LogP contribution in [-0.4, -0.2) is 12.6 Å². The molecule has 3 aromatic carbocycles. The summed E-state index contributed by atoms with van der Waals surface area (Å²) in [6, 6.07) is 23.2. The lowest BCUT2D eigenvalue weighted by Gasteiger charge is -2.23. The third kappa shape index (κ3) is 4.72. The van der Waals surface area contributed by atoms with E-state index in [1.807, 2.05) is 59.5 Å². The van der Waals surface area contributed by atoms with Crippen molar-refractivity contribution in [1.29, 1.82) is 0 Å². The van der Waals surface area contributed by atoms with Gasteiger partial charge in [0, 0.05) is 17.9 Å². The van der Waals surface area contributed by atoms with E-state index in [2.05, 4.69) is 11.4 Å². The summed E-state index contributed by atoms with van der Waals surface area (Å²) in [4.78, 5) is 14.7. The molecule has 0 saturated heterocycles. The van der Waals surface area contributed by atoms with Gasteiger partial charge < -0.3 is 10.1 Å². The molecule has 29 heavy (non-hydrogen) atoms. The van der Waals surface area contributed by atoms with Gasteiger partial charge in [0.25, 0.3) is 0 Å². The molecule has 4 nitrogen and oxygen atoms in total. The van der Waals surface area contributed by atoms with Crippen LogP contribution in [0.5, 0.6) is 5.75 Å². The van der Waals surface area contributed by atoms with Gasteiger partial charge in [0.2, 0.25) is 0 Å². The molecule has 0 saturated carbocycles. The maximum absolute atomic E-state index is 12.9. The van der Waals surface area contributed by atoms with E-state index in [4.69, 9.17) is 16.3 Å². The monoisotopic (exact) mass is 406 g/mol. The molecule has 0 radical (unpaired) electrons. The Kier molecular flexibility index (Phi) is 6.01. The van der Waals surface area contributed by atoms with Crippen molar-refractivity contribution in [2.45, 2.75) is 25.9 Å². The Bertz CT molecular complexity index is 991. The number of ether oxygens (including phenoxy) is 1. The summed E-state index contributed by atoms with van der Waals surface area (Å²) in [7, 11) is 0. The second-order valence-electron chi connectivity index (χ2n) is 7.09. The van der Waals surface area contributed by atoms with Crippen molar-refractivity contribution in [1.82, 2.24) is 0 Å². The number of carbonyl (C=O) groups excluding carboxylic acids is 1. The molecule has 2 amide bonds. The van der Waals surface area contributed by atoms with Gasteiger partial charge in [0.1, 0.15) is 12.4 Å². The van der Waals surface area contributed by atoms with Gasteiger partial charge in [-0.3, -0.25) is 4.90 Å². The lowest BCUT2D eigenvalue weighted by Crippen LogP contribution is -2.35. The number of aryl methyl sites for hydroxylation is 1. The first-order valence-electron chi connectivity index (χ1n) is 9.83. The van der Waals surface area contributed by atoms with E-state index in [0.29, 0.717) is 29.6 Å². The number of hydrogen-bond donors (Lipinski definition) is 1. The van der Waals surface area contributed by atoms with Gasteiger partial charge in [-0.05, 0) is 54.7 Å². The molecule has 0 bridgehead atoms. The van der Waals surface area contributed by atoms with Crippen LogP contribution in [0.2, 0.25) is 5.02 Å². The van der Waals surface area contributed by atoms with Crippen molar-refractivity contribution in [2.75, 3.05) is 16.8 Å². The van der Waals surface area contributed by atoms with Crippen LogP contribution in [0.4, 0.5) is 16.2 Å². The van der Waals surface area contributed by atoms with Crippen molar-refractivity contribution in [2.24, 2.45) is 0 Å². The molecular formula is C24H23ClN2O2. The summed E-state index contributed by atoms with van der Waals surface area (Å²) in [6.45, 7) is 1.14. The van der Waals surface area contributed by atoms with Crippen molar-refractivity contribution in [3.8, 4) is 5.75 Å².